The minimum absolute atomic E-state index is 0.282. The van der Waals surface area contributed by atoms with Crippen molar-refractivity contribution in [2.75, 3.05) is 0 Å². The van der Waals surface area contributed by atoms with Gasteiger partial charge in [-0.05, 0) is 19.1 Å². The first-order chi connectivity index (χ1) is 8.16. The third-order valence-corrected chi connectivity index (χ3v) is 2.28. The molecule has 1 atom stereocenters. The molecule has 17 heavy (non-hydrogen) atoms. The minimum Gasteiger partial charge on any atom is -0.341 e. The topological polar surface area (TPSA) is 96.5 Å². The van der Waals surface area contributed by atoms with Crippen LogP contribution in [-0.2, 0) is 0 Å². The molecule has 0 spiro atoms. The minimum atomic E-state index is -0.348. The lowest BCUT2D eigenvalue weighted by Crippen LogP contribution is -2.28. The van der Waals surface area contributed by atoms with Crippen LogP contribution in [0.25, 0.3) is 0 Å². The average Bonchev–Trinajstić information content (AvgIpc) is 2.83. The van der Waals surface area contributed by atoms with Gasteiger partial charge in [0.1, 0.15) is 5.69 Å². The van der Waals surface area contributed by atoms with Gasteiger partial charge in [-0.15, -0.1) is 10.2 Å². The van der Waals surface area contributed by atoms with E-state index in [0.29, 0.717) is 10.8 Å². The Bertz CT molecular complexity index is 497. The number of halogens is 1. The fraction of sp³-hybridized carbons (Fsp3) is 0.222. The summed E-state index contributed by atoms with van der Waals surface area (Å²) < 4.78 is 0. The van der Waals surface area contributed by atoms with E-state index in [1.165, 1.54) is 6.20 Å². The summed E-state index contributed by atoms with van der Waals surface area (Å²) in [6.07, 6.45) is 1.41. The zero-order chi connectivity index (χ0) is 12.3. The summed E-state index contributed by atoms with van der Waals surface area (Å²) in [5, 5.41) is 16.4. The molecule has 88 valence electrons. The highest BCUT2D eigenvalue weighted by molar-refractivity contribution is 6.30. The number of hydrogen-bond donors (Lipinski definition) is 2. The van der Waals surface area contributed by atoms with Gasteiger partial charge in [0.05, 0.1) is 11.1 Å². The normalized spacial score (nSPS) is 12.1. The summed E-state index contributed by atoms with van der Waals surface area (Å²) in [5.41, 5.74) is 0.282. The molecule has 0 bridgehead atoms. The maximum absolute atomic E-state index is 11.8. The standard InChI is InChI=1S/C9H9ClN6O/c1-5(8-13-15-16-14-8)12-9(17)7-3-2-6(10)4-11-7/h2-5H,1H3,(H,12,17)(H,13,14,15,16). The monoisotopic (exact) mass is 252 g/mol. The second kappa shape index (κ2) is 4.88. The Morgan fingerprint density at radius 1 is 1.53 bits per heavy atom. The van der Waals surface area contributed by atoms with Crippen molar-refractivity contribution in [3.63, 3.8) is 0 Å². The van der Waals surface area contributed by atoms with Gasteiger partial charge in [0.2, 0.25) is 0 Å². The van der Waals surface area contributed by atoms with Crippen LogP contribution in [0.3, 0.4) is 0 Å². The number of nitrogens with one attached hydrogen (secondary N) is 2. The van der Waals surface area contributed by atoms with E-state index in [0.717, 1.165) is 0 Å². The average molecular weight is 253 g/mol. The molecule has 2 aromatic heterocycles. The SMILES string of the molecule is CC(NC(=O)c1ccc(Cl)cn1)c1nn[nH]n1. The number of carbonyl (C=O) groups excluding carboxylic acids is 1. The van der Waals surface area contributed by atoms with Crippen LogP contribution in [0.4, 0.5) is 0 Å². The number of hydrogen-bond acceptors (Lipinski definition) is 5. The molecular formula is C9H9ClN6O. The summed E-state index contributed by atoms with van der Waals surface area (Å²) >= 11 is 5.68. The molecule has 0 aliphatic rings. The van der Waals surface area contributed by atoms with Gasteiger partial charge in [0, 0.05) is 6.20 Å². The molecular weight excluding hydrogens is 244 g/mol. The van der Waals surface area contributed by atoms with E-state index in [-0.39, 0.29) is 17.6 Å². The molecule has 2 heterocycles. The number of pyridine rings is 1. The van der Waals surface area contributed by atoms with Crippen molar-refractivity contribution in [2.24, 2.45) is 0 Å². The lowest BCUT2D eigenvalue weighted by atomic mass is 10.3. The molecule has 0 saturated carbocycles. The van der Waals surface area contributed by atoms with Crippen molar-refractivity contribution in [1.29, 1.82) is 0 Å². The highest BCUT2D eigenvalue weighted by atomic mass is 35.5. The molecule has 2 rings (SSSR count). The van der Waals surface area contributed by atoms with Gasteiger partial charge in [-0.1, -0.05) is 16.8 Å². The molecule has 0 radical (unpaired) electrons. The second-order valence-electron chi connectivity index (χ2n) is 3.33. The first kappa shape index (κ1) is 11.5. The molecule has 0 saturated heterocycles. The lowest BCUT2D eigenvalue weighted by Gasteiger charge is -2.09. The third-order valence-electron chi connectivity index (χ3n) is 2.06. The van der Waals surface area contributed by atoms with Crippen LogP contribution in [-0.4, -0.2) is 31.5 Å². The molecule has 7 nitrogen and oxygen atoms in total. The predicted molar refractivity (Wildman–Crippen MR) is 59.3 cm³/mol. The Morgan fingerprint density at radius 3 is 2.94 bits per heavy atom. The molecule has 0 aromatic carbocycles. The van der Waals surface area contributed by atoms with Gasteiger partial charge in [-0.2, -0.15) is 5.21 Å². The number of rotatable bonds is 3. The van der Waals surface area contributed by atoms with E-state index in [2.05, 4.69) is 30.9 Å². The van der Waals surface area contributed by atoms with Crippen LogP contribution < -0.4 is 5.32 Å². The number of aromatic nitrogens is 5. The number of H-pyrrole nitrogens is 1. The Balaban J connectivity index is 2.04. The fourth-order valence-electron chi connectivity index (χ4n) is 1.20. The van der Waals surface area contributed by atoms with Crippen LogP contribution in [0.1, 0.15) is 29.3 Å². The largest absolute Gasteiger partial charge is 0.341 e. The smallest absolute Gasteiger partial charge is 0.270 e. The van der Waals surface area contributed by atoms with Crippen molar-refractivity contribution in [1.82, 2.24) is 30.9 Å². The lowest BCUT2D eigenvalue weighted by molar-refractivity contribution is 0.0933. The predicted octanol–water partition coefficient (Wildman–Crippen LogP) is 0.739. The van der Waals surface area contributed by atoms with E-state index in [9.17, 15) is 4.79 Å². The van der Waals surface area contributed by atoms with Gasteiger partial charge < -0.3 is 5.32 Å². The van der Waals surface area contributed by atoms with Crippen molar-refractivity contribution in [3.8, 4) is 0 Å². The summed E-state index contributed by atoms with van der Waals surface area (Å²) in [5.74, 6) is 0.0891. The van der Waals surface area contributed by atoms with Crippen LogP contribution in [0.15, 0.2) is 18.3 Å². The zero-order valence-electron chi connectivity index (χ0n) is 8.88. The first-order valence-electron chi connectivity index (χ1n) is 4.82. The zero-order valence-corrected chi connectivity index (χ0v) is 9.64. The number of carbonyl (C=O) groups is 1. The van der Waals surface area contributed by atoms with E-state index in [1.54, 1.807) is 19.1 Å². The van der Waals surface area contributed by atoms with Crippen molar-refractivity contribution in [2.45, 2.75) is 13.0 Å². The quantitative estimate of drug-likeness (QED) is 0.840. The Hall–Kier alpha value is -2.02. The first-order valence-corrected chi connectivity index (χ1v) is 5.20. The highest BCUT2D eigenvalue weighted by Crippen LogP contribution is 2.08. The fourth-order valence-corrected chi connectivity index (χ4v) is 1.31. The van der Waals surface area contributed by atoms with Gasteiger partial charge >= 0.3 is 0 Å². The highest BCUT2D eigenvalue weighted by Gasteiger charge is 2.15. The maximum atomic E-state index is 11.8. The third kappa shape index (κ3) is 2.76. The molecule has 1 unspecified atom stereocenters. The molecule has 8 heteroatoms. The number of nitrogens with zero attached hydrogens (tertiary/aromatic N) is 4. The molecule has 1 amide bonds. The number of aromatic amines is 1. The molecule has 0 fully saturated rings. The van der Waals surface area contributed by atoms with E-state index < -0.39 is 0 Å². The summed E-state index contributed by atoms with van der Waals surface area (Å²) in [7, 11) is 0. The van der Waals surface area contributed by atoms with E-state index >= 15 is 0 Å². The Labute approximate surface area is 102 Å². The summed E-state index contributed by atoms with van der Waals surface area (Å²) in [6, 6.07) is 2.79. The molecule has 0 aliphatic heterocycles. The second-order valence-corrected chi connectivity index (χ2v) is 3.76. The Morgan fingerprint density at radius 2 is 2.35 bits per heavy atom. The maximum Gasteiger partial charge on any atom is 0.270 e. The van der Waals surface area contributed by atoms with Crippen molar-refractivity contribution >= 4 is 17.5 Å². The van der Waals surface area contributed by atoms with Crippen molar-refractivity contribution < 1.29 is 4.79 Å². The van der Waals surface area contributed by atoms with Gasteiger partial charge in [-0.25, -0.2) is 4.98 Å². The van der Waals surface area contributed by atoms with E-state index in [4.69, 9.17) is 11.6 Å². The van der Waals surface area contributed by atoms with Crippen molar-refractivity contribution in [3.05, 3.63) is 34.9 Å². The van der Waals surface area contributed by atoms with Gasteiger partial charge in [-0.3, -0.25) is 4.79 Å². The summed E-state index contributed by atoms with van der Waals surface area (Å²) in [4.78, 5) is 15.7. The van der Waals surface area contributed by atoms with Gasteiger partial charge in [0.25, 0.3) is 5.91 Å². The molecule has 2 aromatic rings. The van der Waals surface area contributed by atoms with Crippen LogP contribution in [0.2, 0.25) is 5.02 Å². The summed E-state index contributed by atoms with van der Waals surface area (Å²) in [6.45, 7) is 1.75. The van der Waals surface area contributed by atoms with Crippen LogP contribution >= 0.6 is 11.6 Å². The van der Waals surface area contributed by atoms with Crippen LogP contribution in [0, 0.1) is 0 Å². The number of amides is 1. The molecule has 2 N–H and O–H groups in total. The van der Waals surface area contributed by atoms with E-state index in [1.807, 2.05) is 0 Å². The number of tetrazole rings is 1. The van der Waals surface area contributed by atoms with Gasteiger partial charge in [0.15, 0.2) is 5.82 Å². The Kier molecular flexibility index (Phi) is 3.29. The van der Waals surface area contributed by atoms with Crippen LogP contribution in [0.5, 0.6) is 0 Å². The molecule has 0 aliphatic carbocycles.